The monoisotopic (exact) mass is 199 g/mol. The first-order valence-electron chi connectivity index (χ1n) is 4.57. The van der Waals surface area contributed by atoms with Gasteiger partial charge in [-0.3, -0.25) is 0 Å². The van der Waals surface area contributed by atoms with Gasteiger partial charge in [0.25, 0.3) is 0 Å². The number of methoxy groups -OCH3 is 1. The van der Waals surface area contributed by atoms with E-state index in [0.717, 1.165) is 0 Å². The van der Waals surface area contributed by atoms with Gasteiger partial charge in [0.2, 0.25) is 11.7 Å². The van der Waals surface area contributed by atoms with E-state index in [0.29, 0.717) is 11.7 Å². The molecule has 1 atom stereocenters. The van der Waals surface area contributed by atoms with Crippen LogP contribution in [0.3, 0.4) is 0 Å². The number of aromatic nitrogens is 2. The fourth-order valence-electron chi connectivity index (χ4n) is 0.870. The van der Waals surface area contributed by atoms with Crippen LogP contribution in [0.4, 0.5) is 0 Å². The van der Waals surface area contributed by atoms with E-state index in [9.17, 15) is 0 Å². The highest BCUT2D eigenvalue weighted by Gasteiger charge is 2.27. The van der Waals surface area contributed by atoms with Crippen molar-refractivity contribution in [1.82, 2.24) is 15.5 Å². The molecule has 0 aromatic carbocycles. The second-order valence-corrected chi connectivity index (χ2v) is 3.68. The molecule has 0 fully saturated rings. The van der Waals surface area contributed by atoms with Crippen LogP contribution in [0.1, 0.15) is 38.5 Å². The van der Waals surface area contributed by atoms with Crippen LogP contribution in [0.15, 0.2) is 4.52 Å². The zero-order valence-corrected chi connectivity index (χ0v) is 9.29. The van der Waals surface area contributed by atoms with Gasteiger partial charge in [0.05, 0.1) is 6.04 Å². The Morgan fingerprint density at radius 2 is 2.14 bits per heavy atom. The zero-order chi connectivity index (χ0) is 10.8. The van der Waals surface area contributed by atoms with Crippen molar-refractivity contribution in [3.05, 3.63) is 11.7 Å². The van der Waals surface area contributed by atoms with Crippen molar-refractivity contribution in [3.63, 3.8) is 0 Å². The van der Waals surface area contributed by atoms with Crippen LogP contribution >= 0.6 is 0 Å². The Kier molecular flexibility index (Phi) is 3.23. The minimum Gasteiger partial charge on any atom is -0.371 e. The van der Waals surface area contributed by atoms with Gasteiger partial charge in [0.1, 0.15) is 5.60 Å². The summed E-state index contributed by atoms with van der Waals surface area (Å²) in [6.07, 6.45) is 0. The summed E-state index contributed by atoms with van der Waals surface area (Å²) in [5, 5.41) is 6.90. The quantitative estimate of drug-likeness (QED) is 0.790. The fourth-order valence-corrected chi connectivity index (χ4v) is 0.870. The lowest BCUT2D eigenvalue weighted by atomic mass is 10.1. The molecule has 0 spiro atoms. The van der Waals surface area contributed by atoms with Crippen molar-refractivity contribution in [2.24, 2.45) is 0 Å². The van der Waals surface area contributed by atoms with Gasteiger partial charge in [-0.25, -0.2) is 0 Å². The van der Waals surface area contributed by atoms with Crippen molar-refractivity contribution >= 4 is 0 Å². The van der Waals surface area contributed by atoms with Crippen LogP contribution in [0.2, 0.25) is 0 Å². The number of hydrogen-bond acceptors (Lipinski definition) is 5. The average molecular weight is 199 g/mol. The highest BCUT2D eigenvalue weighted by atomic mass is 16.5. The molecule has 0 aliphatic heterocycles. The van der Waals surface area contributed by atoms with Gasteiger partial charge in [0, 0.05) is 7.11 Å². The van der Waals surface area contributed by atoms with E-state index in [-0.39, 0.29) is 6.04 Å². The van der Waals surface area contributed by atoms with Crippen molar-refractivity contribution in [3.8, 4) is 0 Å². The van der Waals surface area contributed by atoms with Gasteiger partial charge >= 0.3 is 0 Å². The van der Waals surface area contributed by atoms with Crippen molar-refractivity contribution in [2.45, 2.75) is 32.4 Å². The van der Waals surface area contributed by atoms with Crippen molar-refractivity contribution < 1.29 is 9.26 Å². The highest BCUT2D eigenvalue weighted by molar-refractivity contribution is 4.99. The number of rotatable bonds is 4. The maximum atomic E-state index is 5.25. The summed E-state index contributed by atoms with van der Waals surface area (Å²) in [4.78, 5) is 4.26. The molecule has 14 heavy (non-hydrogen) atoms. The summed E-state index contributed by atoms with van der Waals surface area (Å²) in [5.41, 5.74) is -0.505. The highest BCUT2D eigenvalue weighted by Crippen LogP contribution is 2.21. The van der Waals surface area contributed by atoms with E-state index in [2.05, 4.69) is 15.5 Å². The first kappa shape index (κ1) is 11.1. The molecule has 1 heterocycles. The smallest absolute Gasteiger partial charge is 0.243 e. The molecule has 1 N–H and O–H groups in total. The van der Waals surface area contributed by atoms with Gasteiger partial charge in [-0.1, -0.05) is 5.16 Å². The SMILES string of the molecule is CNC(C)c1nc(C(C)(C)OC)no1. The fraction of sp³-hybridized carbons (Fsp3) is 0.778. The molecule has 0 aliphatic rings. The first-order valence-corrected chi connectivity index (χ1v) is 4.57. The summed E-state index contributed by atoms with van der Waals surface area (Å²) >= 11 is 0. The van der Waals surface area contributed by atoms with Crippen molar-refractivity contribution in [2.75, 3.05) is 14.2 Å². The minimum absolute atomic E-state index is 0.0592. The second kappa shape index (κ2) is 4.06. The first-order chi connectivity index (χ1) is 6.51. The molecule has 0 bridgehead atoms. The predicted molar refractivity (Wildman–Crippen MR) is 51.8 cm³/mol. The summed E-state index contributed by atoms with van der Waals surface area (Å²) in [6.45, 7) is 5.74. The Bertz CT molecular complexity index is 296. The molecular formula is C9H17N3O2. The number of nitrogens with zero attached hydrogens (tertiary/aromatic N) is 2. The van der Waals surface area contributed by atoms with E-state index in [4.69, 9.17) is 9.26 Å². The topological polar surface area (TPSA) is 60.2 Å². The van der Waals surface area contributed by atoms with Crippen LogP contribution in [0.25, 0.3) is 0 Å². The molecule has 1 aromatic rings. The predicted octanol–water partition coefficient (Wildman–Crippen LogP) is 1.23. The molecule has 1 rings (SSSR count). The second-order valence-electron chi connectivity index (χ2n) is 3.68. The third kappa shape index (κ3) is 2.10. The lowest BCUT2D eigenvalue weighted by Crippen LogP contribution is -2.21. The number of nitrogens with one attached hydrogen (secondary N) is 1. The Morgan fingerprint density at radius 3 is 2.64 bits per heavy atom. The molecule has 5 nitrogen and oxygen atoms in total. The lowest BCUT2D eigenvalue weighted by Gasteiger charge is -2.17. The normalized spacial score (nSPS) is 14.4. The molecule has 5 heteroatoms. The van der Waals surface area contributed by atoms with Crippen molar-refractivity contribution in [1.29, 1.82) is 0 Å². The van der Waals surface area contributed by atoms with Gasteiger partial charge in [-0.2, -0.15) is 4.98 Å². The molecule has 1 unspecified atom stereocenters. The number of hydrogen-bond donors (Lipinski definition) is 1. The van der Waals surface area contributed by atoms with E-state index in [1.165, 1.54) is 0 Å². The largest absolute Gasteiger partial charge is 0.371 e. The molecule has 0 saturated heterocycles. The van der Waals surface area contributed by atoms with Crippen LogP contribution in [-0.2, 0) is 10.3 Å². The molecule has 0 radical (unpaired) electrons. The summed E-state index contributed by atoms with van der Waals surface area (Å²) in [6, 6.07) is 0.0592. The maximum absolute atomic E-state index is 5.25. The Labute approximate surface area is 83.8 Å². The van der Waals surface area contributed by atoms with Gasteiger partial charge in [0.15, 0.2) is 0 Å². The number of ether oxygens (including phenoxy) is 1. The molecular weight excluding hydrogens is 182 g/mol. The van der Waals surface area contributed by atoms with Crippen LogP contribution in [0.5, 0.6) is 0 Å². The molecule has 80 valence electrons. The van der Waals surface area contributed by atoms with Gasteiger partial charge < -0.3 is 14.6 Å². The molecule has 1 aromatic heterocycles. The van der Waals surface area contributed by atoms with Gasteiger partial charge in [-0.05, 0) is 27.8 Å². The molecule has 0 saturated carbocycles. The maximum Gasteiger partial charge on any atom is 0.243 e. The van der Waals surface area contributed by atoms with Gasteiger partial charge in [-0.15, -0.1) is 0 Å². The zero-order valence-electron chi connectivity index (χ0n) is 9.29. The standard InChI is InChI=1S/C9H17N3O2/c1-6(10-4)7-11-8(12-14-7)9(2,3)13-5/h6,10H,1-5H3. The summed E-state index contributed by atoms with van der Waals surface area (Å²) in [7, 11) is 3.47. The van der Waals surface area contributed by atoms with Crippen LogP contribution < -0.4 is 5.32 Å². The summed E-state index contributed by atoms with van der Waals surface area (Å²) in [5.74, 6) is 1.14. The van der Waals surface area contributed by atoms with E-state index < -0.39 is 5.60 Å². The molecule has 0 aliphatic carbocycles. The molecule has 0 amide bonds. The van der Waals surface area contributed by atoms with E-state index in [1.54, 1.807) is 7.11 Å². The minimum atomic E-state index is -0.505. The van der Waals surface area contributed by atoms with Crippen LogP contribution in [-0.4, -0.2) is 24.3 Å². The Balaban J connectivity index is 2.88. The Hall–Kier alpha value is -0.940. The van der Waals surface area contributed by atoms with E-state index >= 15 is 0 Å². The van der Waals surface area contributed by atoms with E-state index in [1.807, 2.05) is 27.8 Å². The lowest BCUT2D eigenvalue weighted by molar-refractivity contribution is 0.00973. The average Bonchev–Trinajstić information content (AvgIpc) is 2.66. The third-order valence-corrected chi connectivity index (χ3v) is 2.29. The van der Waals surface area contributed by atoms with Crippen LogP contribution in [0, 0.1) is 0 Å². The summed E-state index contributed by atoms with van der Waals surface area (Å²) < 4.78 is 10.3. The third-order valence-electron chi connectivity index (χ3n) is 2.29. The Morgan fingerprint density at radius 1 is 1.50 bits per heavy atom.